The van der Waals surface area contributed by atoms with Gasteiger partial charge in [-0.3, -0.25) is 0 Å². The van der Waals surface area contributed by atoms with Crippen molar-refractivity contribution in [2.24, 2.45) is 0 Å². The minimum atomic E-state index is 0.859. The van der Waals surface area contributed by atoms with Gasteiger partial charge in [-0.2, -0.15) is 12.6 Å². The maximum atomic E-state index is 4.59. The van der Waals surface area contributed by atoms with Crippen molar-refractivity contribution < 1.29 is 0 Å². The summed E-state index contributed by atoms with van der Waals surface area (Å²) in [5.74, 6) is 0.859. The summed E-state index contributed by atoms with van der Waals surface area (Å²) in [6.07, 6.45) is 3.04. The summed E-state index contributed by atoms with van der Waals surface area (Å²) in [6, 6.07) is 8.53. The molecular weight excluding hydrogens is 254 g/mol. The Bertz CT molecular complexity index is 448. The highest BCUT2D eigenvalue weighted by atomic mass is 32.2. The molecule has 0 radical (unpaired) electrons. The Hall–Kier alpha value is -0.450. The Morgan fingerprint density at radius 2 is 2.06 bits per heavy atom. The van der Waals surface area contributed by atoms with Crippen molar-refractivity contribution in [1.29, 1.82) is 0 Å². The van der Waals surface area contributed by atoms with Gasteiger partial charge in [-0.1, -0.05) is 12.1 Å². The number of nitrogens with zero attached hydrogens (tertiary/aromatic N) is 1. The summed E-state index contributed by atoms with van der Waals surface area (Å²) in [5.41, 5.74) is 2.27. The quantitative estimate of drug-likeness (QED) is 0.664. The van der Waals surface area contributed by atoms with Crippen LogP contribution in [0.3, 0.4) is 0 Å². The van der Waals surface area contributed by atoms with Crippen molar-refractivity contribution >= 4 is 35.7 Å². The van der Waals surface area contributed by atoms with Crippen LogP contribution in [0.2, 0.25) is 0 Å². The predicted octanol–water partition coefficient (Wildman–Crippen LogP) is 4.00. The summed E-state index contributed by atoms with van der Waals surface area (Å²) < 4.78 is 0. The van der Waals surface area contributed by atoms with Gasteiger partial charge in [0.05, 0.1) is 10.7 Å². The van der Waals surface area contributed by atoms with Gasteiger partial charge in [-0.15, -0.1) is 23.1 Å². The molecule has 4 heteroatoms. The van der Waals surface area contributed by atoms with Crippen molar-refractivity contribution in [3.63, 3.8) is 0 Å². The SMILES string of the molecule is CSc1ccc(-c2csc(CCS)n2)cc1. The van der Waals surface area contributed by atoms with Gasteiger partial charge >= 0.3 is 0 Å². The van der Waals surface area contributed by atoms with Gasteiger partial charge in [0.2, 0.25) is 0 Å². The second-order valence-corrected chi connectivity index (χ2v) is 5.60. The van der Waals surface area contributed by atoms with Crippen LogP contribution in [0.4, 0.5) is 0 Å². The molecule has 0 saturated heterocycles. The molecular formula is C12H13NS3. The van der Waals surface area contributed by atoms with Crippen LogP contribution in [0, 0.1) is 0 Å². The topological polar surface area (TPSA) is 12.9 Å². The molecule has 0 unspecified atom stereocenters. The lowest BCUT2D eigenvalue weighted by molar-refractivity contribution is 1.11. The predicted molar refractivity (Wildman–Crippen MR) is 76.9 cm³/mol. The van der Waals surface area contributed by atoms with Crippen LogP contribution in [-0.4, -0.2) is 17.0 Å². The molecule has 1 aromatic carbocycles. The van der Waals surface area contributed by atoms with Gasteiger partial charge in [-0.25, -0.2) is 4.98 Å². The van der Waals surface area contributed by atoms with Crippen LogP contribution in [0.1, 0.15) is 5.01 Å². The lowest BCUT2D eigenvalue weighted by Gasteiger charge is -1.98. The summed E-state index contributed by atoms with van der Waals surface area (Å²) in [6.45, 7) is 0. The number of thiol groups is 1. The van der Waals surface area contributed by atoms with Crippen molar-refractivity contribution in [2.75, 3.05) is 12.0 Å². The average Bonchev–Trinajstić information content (AvgIpc) is 2.78. The van der Waals surface area contributed by atoms with Crippen molar-refractivity contribution in [3.05, 3.63) is 34.7 Å². The summed E-state index contributed by atoms with van der Waals surface area (Å²) in [4.78, 5) is 5.88. The zero-order valence-electron chi connectivity index (χ0n) is 9.01. The molecule has 1 aromatic heterocycles. The third-order valence-corrected chi connectivity index (χ3v) is 4.14. The fraction of sp³-hybridized carbons (Fsp3) is 0.250. The largest absolute Gasteiger partial charge is 0.241 e. The molecule has 2 rings (SSSR count). The Balaban J connectivity index is 2.21. The Morgan fingerprint density at radius 1 is 1.31 bits per heavy atom. The van der Waals surface area contributed by atoms with E-state index >= 15 is 0 Å². The number of aryl methyl sites for hydroxylation is 1. The third kappa shape index (κ3) is 2.81. The van der Waals surface area contributed by atoms with Gasteiger partial charge in [0.15, 0.2) is 0 Å². The Labute approximate surface area is 110 Å². The fourth-order valence-electron chi connectivity index (χ4n) is 1.42. The minimum Gasteiger partial charge on any atom is -0.241 e. The molecule has 0 amide bonds. The molecule has 0 aliphatic rings. The fourth-order valence-corrected chi connectivity index (χ4v) is 2.99. The second kappa shape index (κ2) is 5.75. The molecule has 0 spiro atoms. The van der Waals surface area contributed by atoms with E-state index in [0.717, 1.165) is 17.9 Å². The van der Waals surface area contributed by atoms with Gasteiger partial charge in [0.25, 0.3) is 0 Å². The van der Waals surface area contributed by atoms with E-state index < -0.39 is 0 Å². The highest BCUT2D eigenvalue weighted by Gasteiger charge is 2.03. The van der Waals surface area contributed by atoms with E-state index in [2.05, 4.69) is 53.5 Å². The highest BCUT2D eigenvalue weighted by Crippen LogP contribution is 2.24. The number of thioether (sulfide) groups is 1. The highest BCUT2D eigenvalue weighted by molar-refractivity contribution is 7.98. The first kappa shape index (κ1) is 12.0. The molecule has 16 heavy (non-hydrogen) atoms. The van der Waals surface area contributed by atoms with Crippen LogP contribution in [-0.2, 0) is 6.42 Å². The first-order valence-corrected chi connectivity index (χ1v) is 7.77. The van der Waals surface area contributed by atoms with Gasteiger partial charge in [0, 0.05) is 22.3 Å². The van der Waals surface area contributed by atoms with Gasteiger partial charge in [0.1, 0.15) is 0 Å². The zero-order chi connectivity index (χ0) is 11.4. The molecule has 1 heterocycles. The summed E-state index contributed by atoms with van der Waals surface area (Å²) in [7, 11) is 0. The molecule has 1 nitrogen and oxygen atoms in total. The summed E-state index contributed by atoms with van der Waals surface area (Å²) >= 11 is 7.69. The van der Waals surface area contributed by atoms with Crippen LogP contribution in [0.5, 0.6) is 0 Å². The smallest absolute Gasteiger partial charge is 0.0940 e. The minimum absolute atomic E-state index is 0.859. The Kier molecular flexibility index (Phi) is 4.32. The van der Waals surface area contributed by atoms with E-state index in [1.807, 2.05) is 0 Å². The standard InChI is InChI=1S/C12H13NS3/c1-15-10-4-2-9(3-5-10)11-8-16-12(13-11)6-7-14/h2-5,8,14H,6-7H2,1H3. The normalized spacial score (nSPS) is 10.6. The molecule has 0 fully saturated rings. The van der Waals surface area contributed by atoms with E-state index in [1.165, 1.54) is 15.5 Å². The maximum Gasteiger partial charge on any atom is 0.0940 e. The van der Waals surface area contributed by atoms with E-state index in [-0.39, 0.29) is 0 Å². The number of benzene rings is 1. The Morgan fingerprint density at radius 3 is 2.69 bits per heavy atom. The van der Waals surface area contributed by atoms with Gasteiger partial charge in [-0.05, 0) is 24.1 Å². The monoisotopic (exact) mass is 267 g/mol. The van der Waals surface area contributed by atoms with Crippen LogP contribution in [0.15, 0.2) is 34.5 Å². The lowest BCUT2D eigenvalue weighted by atomic mass is 10.2. The number of thiazole rings is 1. The average molecular weight is 267 g/mol. The second-order valence-electron chi connectivity index (χ2n) is 3.33. The van der Waals surface area contributed by atoms with E-state index in [1.54, 1.807) is 23.1 Å². The summed E-state index contributed by atoms with van der Waals surface area (Å²) in [5, 5.41) is 3.28. The molecule has 0 aliphatic carbocycles. The van der Waals surface area contributed by atoms with Crippen molar-refractivity contribution in [1.82, 2.24) is 4.98 Å². The molecule has 0 atom stereocenters. The molecule has 2 aromatic rings. The van der Waals surface area contributed by atoms with Gasteiger partial charge < -0.3 is 0 Å². The molecule has 0 aliphatic heterocycles. The first-order valence-electron chi connectivity index (χ1n) is 5.03. The number of aromatic nitrogens is 1. The van der Waals surface area contributed by atoms with Crippen LogP contribution >= 0.6 is 35.7 Å². The maximum absolute atomic E-state index is 4.59. The van der Waals surface area contributed by atoms with Crippen molar-refractivity contribution in [2.45, 2.75) is 11.3 Å². The first-order chi connectivity index (χ1) is 7.83. The third-order valence-electron chi connectivity index (χ3n) is 2.26. The van der Waals surface area contributed by atoms with E-state index in [4.69, 9.17) is 0 Å². The van der Waals surface area contributed by atoms with Crippen molar-refractivity contribution in [3.8, 4) is 11.3 Å². The molecule has 0 saturated carbocycles. The molecule has 0 N–H and O–H groups in total. The number of rotatable bonds is 4. The molecule has 84 valence electrons. The molecule has 0 bridgehead atoms. The zero-order valence-corrected chi connectivity index (χ0v) is 11.5. The van der Waals surface area contributed by atoms with Crippen LogP contribution in [0.25, 0.3) is 11.3 Å². The van der Waals surface area contributed by atoms with E-state index in [9.17, 15) is 0 Å². The lowest BCUT2D eigenvalue weighted by Crippen LogP contribution is -1.84. The van der Waals surface area contributed by atoms with E-state index in [0.29, 0.717) is 0 Å². The van der Waals surface area contributed by atoms with Crippen LogP contribution < -0.4 is 0 Å². The number of hydrogen-bond donors (Lipinski definition) is 1. The number of hydrogen-bond acceptors (Lipinski definition) is 4.